The van der Waals surface area contributed by atoms with Crippen molar-refractivity contribution < 1.29 is 9.59 Å². The predicted octanol–water partition coefficient (Wildman–Crippen LogP) is 0.855. The van der Waals surface area contributed by atoms with Gasteiger partial charge in [0.1, 0.15) is 5.82 Å². The normalized spacial score (nSPS) is 10.1. The number of aldehydes is 1. The van der Waals surface area contributed by atoms with E-state index in [1.54, 1.807) is 30.3 Å². The van der Waals surface area contributed by atoms with Crippen LogP contribution in [0.5, 0.6) is 0 Å². The van der Waals surface area contributed by atoms with Crippen LogP contribution in [0.1, 0.15) is 24.2 Å². The van der Waals surface area contributed by atoms with Gasteiger partial charge in [-0.05, 0) is 26.0 Å². The summed E-state index contributed by atoms with van der Waals surface area (Å²) in [5, 5.41) is 2.78. The molecule has 0 unspecified atom stereocenters. The lowest BCUT2D eigenvalue weighted by Crippen LogP contribution is -2.39. The fourth-order valence-corrected chi connectivity index (χ4v) is 1.48. The second-order valence-electron chi connectivity index (χ2n) is 4.11. The van der Waals surface area contributed by atoms with Crippen molar-refractivity contribution in [2.45, 2.75) is 19.9 Å². The van der Waals surface area contributed by atoms with Gasteiger partial charge in [-0.1, -0.05) is 0 Å². The Kier molecular flexibility index (Phi) is 4.63. The monoisotopic (exact) mass is 235 g/mol. The van der Waals surface area contributed by atoms with Crippen molar-refractivity contribution in [1.82, 2.24) is 10.3 Å². The summed E-state index contributed by atoms with van der Waals surface area (Å²) in [6, 6.07) is 3.46. The van der Waals surface area contributed by atoms with Crippen LogP contribution in [0.3, 0.4) is 0 Å². The van der Waals surface area contributed by atoms with Crippen LogP contribution in [0.4, 0.5) is 5.82 Å². The molecule has 0 saturated heterocycles. The fraction of sp³-hybridized carbons (Fsp3) is 0.417. The first-order valence-corrected chi connectivity index (χ1v) is 5.45. The van der Waals surface area contributed by atoms with Crippen LogP contribution in [-0.2, 0) is 4.79 Å². The van der Waals surface area contributed by atoms with Crippen molar-refractivity contribution in [3.05, 3.63) is 23.9 Å². The number of amides is 1. The molecule has 5 nitrogen and oxygen atoms in total. The minimum absolute atomic E-state index is 0.0926. The van der Waals surface area contributed by atoms with Gasteiger partial charge in [-0.15, -0.1) is 0 Å². The first-order valence-electron chi connectivity index (χ1n) is 5.45. The van der Waals surface area contributed by atoms with Crippen LogP contribution in [0.15, 0.2) is 18.3 Å². The molecular formula is C12H17N3O2. The van der Waals surface area contributed by atoms with Crippen molar-refractivity contribution in [3.63, 3.8) is 0 Å². The maximum atomic E-state index is 11.6. The summed E-state index contributed by atoms with van der Waals surface area (Å²) in [7, 11) is 1.73. The lowest BCUT2D eigenvalue weighted by Gasteiger charge is -2.19. The standard InChI is InChI=1S/C12H17N3O2/c1-9(2)14-11(17)7-15(3)12-10(8-16)5-4-6-13-12/h4-6,8-9H,7H2,1-3H3,(H,14,17). The average Bonchev–Trinajstić information content (AvgIpc) is 2.27. The number of nitrogens with zero attached hydrogens (tertiary/aromatic N) is 2. The number of likely N-dealkylation sites (N-methyl/N-ethyl adjacent to an activating group) is 1. The fourth-order valence-electron chi connectivity index (χ4n) is 1.48. The van der Waals surface area contributed by atoms with Crippen molar-refractivity contribution >= 4 is 18.0 Å². The summed E-state index contributed by atoms with van der Waals surface area (Å²) >= 11 is 0. The number of hydrogen-bond donors (Lipinski definition) is 1. The molecule has 92 valence electrons. The summed E-state index contributed by atoms with van der Waals surface area (Å²) in [5.41, 5.74) is 0.479. The molecule has 1 heterocycles. The summed E-state index contributed by atoms with van der Waals surface area (Å²) in [4.78, 5) is 28.1. The van der Waals surface area contributed by atoms with E-state index in [2.05, 4.69) is 10.3 Å². The SMILES string of the molecule is CC(C)NC(=O)CN(C)c1ncccc1C=O. The Morgan fingerprint density at radius 2 is 2.29 bits per heavy atom. The molecule has 5 heteroatoms. The number of aromatic nitrogens is 1. The van der Waals surface area contributed by atoms with Crippen molar-refractivity contribution in [1.29, 1.82) is 0 Å². The van der Waals surface area contributed by atoms with Crippen molar-refractivity contribution in [2.75, 3.05) is 18.5 Å². The lowest BCUT2D eigenvalue weighted by atomic mass is 10.2. The van der Waals surface area contributed by atoms with Crippen molar-refractivity contribution in [3.8, 4) is 0 Å². The van der Waals surface area contributed by atoms with Gasteiger partial charge < -0.3 is 10.2 Å². The molecule has 0 aromatic carbocycles. The van der Waals surface area contributed by atoms with Crippen LogP contribution in [-0.4, -0.2) is 36.8 Å². The molecule has 0 radical (unpaired) electrons. The molecule has 0 aliphatic rings. The molecule has 0 atom stereocenters. The zero-order valence-electron chi connectivity index (χ0n) is 10.3. The highest BCUT2D eigenvalue weighted by atomic mass is 16.2. The Hall–Kier alpha value is -1.91. The van der Waals surface area contributed by atoms with E-state index in [1.165, 1.54) is 0 Å². The molecule has 1 aromatic heterocycles. The van der Waals surface area contributed by atoms with E-state index >= 15 is 0 Å². The van der Waals surface area contributed by atoms with Crippen molar-refractivity contribution in [2.24, 2.45) is 0 Å². The molecule has 17 heavy (non-hydrogen) atoms. The van der Waals surface area contributed by atoms with Crippen LogP contribution >= 0.6 is 0 Å². The van der Waals surface area contributed by atoms with E-state index in [9.17, 15) is 9.59 Å². The summed E-state index contributed by atoms with van der Waals surface area (Å²) in [6.45, 7) is 3.97. The number of nitrogens with one attached hydrogen (secondary N) is 1. The minimum Gasteiger partial charge on any atom is -0.352 e. The zero-order valence-corrected chi connectivity index (χ0v) is 10.3. The Labute approximate surface area is 101 Å². The second kappa shape index (κ2) is 5.98. The molecule has 1 aromatic rings. The largest absolute Gasteiger partial charge is 0.352 e. The summed E-state index contributed by atoms with van der Waals surface area (Å²) < 4.78 is 0. The van der Waals surface area contributed by atoms with E-state index in [0.29, 0.717) is 11.4 Å². The van der Waals surface area contributed by atoms with E-state index in [0.717, 1.165) is 6.29 Å². The topological polar surface area (TPSA) is 62.3 Å². The van der Waals surface area contributed by atoms with Crippen LogP contribution < -0.4 is 10.2 Å². The maximum Gasteiger partial charge on any atom is 0.239 e. The first-order chi connectivity index (χ1) is 8.04. The number of pyridine rings is 1. The second-order valence-corrected chi connectivity index (χ2v) is 4.11. The quantitative estimate of drug-likeness (QED) is 0.769. The van der Waals surface area contributed by atoms with Gasteiger partial charge in [0.15, 0.2) is 6.29 Å². The van der Waals surface area contributed by atoms with Gasteiger partial charge in [0, 0.05) is 19.3 Å². The number of carbonyl (C=O) groups is 2. The molecular weight excluding hydrogens is 218 g/mol. The minimum atomic E-state index is -0.0926. The molecule has 0 aliphatic carbocycles. The third-order valence-corrected chi connectivity index (χ3v) is 2.14. The van der Waals surface area contributed by atoms with Crippen LogP contribution in [0.2, 0.25) is 0 Å². The lowest BCUT2D eigenvalue weighted by molar-refractivity contribution is -0.120. The predicted molar refractivity (Wildman–Crippen MR) is 66.2 cm³/mol. The van der Waals surface area contributed by atoms with E-state index in [1.807, 2.05) is 13.8 Å². The Balaban J connectivity index is 2.72. The van der Waals surface area contributed by atoms with Gasteiger partial charge in [0.2, 0.25) is 5.91 Å². The molecule has 0 aliphatic heterocycles. The molecule has 1 amide bonds. The molecule has 0 saturated carbocycles. The van der Waals surface area contributed by atoms with Gasteiger partial charge in [-0.2, -0.15) is 0 Å². The number of carbonyl (C=O) groups excluding carboxylic acids is 2. The Bertz CT molecular complexity index is 404. The van der Waals surface area contributed by atoms with Crippen LogP contribution in [0, 0.1) is 0 Å². The zero-order chi connectivity index (χ0) is 12.8. The highest BCUT2D eigenvalue weighted by Crippen LogP contribution is 2.12. The van der Waals surface area contributed by atoms with Crippen LogP contribution in [0.25, 0.3) is 0 Å². The highest BCUT2D eigenvalue weighted by molar-refractivity contribution is 5.86. The highest BCUT2D eigenvalue weighted by Gasteiger charge is 2.12. The number of anilines is 1. The Morgan fingerprint density at radius 3 is 2.88 bits per heavy atom. The van der Waals surface area contributed by atoms with Gasteiger partial charge in [0.05, 0.1) is 12.1 Å². The summed E-state index contributed by atoms with van der Waals surface area (Å²) in [6.07, 6.45) is 2.33. The van der Waals surface area contributed by atoms with Gasteiger partial charge in [-0.3, -0.25) is 9.59 Å². The third kappa shape index (κ3) is 3.86. The molecule has 0 fully saturated rings. The smallest absolute Gasteiger partial charge is 0.239 e. The Morgan fingerprint density at radius 1 is 1.59 bits per heavy atom. The number of hydrogen-bond acceptors (Lipinski definition) is 4. The average molecular weight is 235 g/mol. The van der Waals surface area contributed by atoms with E-state index in [-0.39, 0.29) is 18.5 Å². The van der Waals surface area contributed by atoms with Gasteiger partial charge in [-0.25, -0.2) is 4.98 Å². The third-order valence-electron chi connectivity index (χ3n) is 2.14. The first kappa shape index (κ1) is 13.2. The molecule has 0 spiro atoms. The maximum absolute atomic E-state index is 11.6. The molecule has 1 rings (SSSR count). The van der Waals surface area contributed by atoms with Gasteiger partial charge in [0.25, 0.3) is 0 Å². The summed E-state index contributed by atoms with van der Waals surface area (Å²) in [5.74, 6) is 0.423. The van der Waals surface area contributed by atoms with E-state index in [4.69, 9.17) is 0 Å². The number of rotatable bonds is 5. The van der Waals surface area contributed by atoms with Gasteiger partial charge >= 0.3 is 0 Å². The molecule has 0 bridgehead atoms. The molecule has 1 N–H and O–H groups in total. The van der Waals surface area contributed by atoms with E-state index < -0.39 is 0 Å².